The lowest BCUT2D eigenvalue weighted by atomic mass is 9.84. The summed E-state index contributed by atoms with van der Waals surface area (Å²) in [6.45, 7) is 8.71. The number of aryl methyl sites for hydroxylation is 1. The molecule has 0 saturated heterocycles. The van der Waals surface area contributed by atoms with Crippen LogP contribution in [0.25, 0.3) is 44.5 Å². The van der Waals surface area contributed by atoms with Crippen molar-refractivity contribution in [2.45, 2.75) is 51.7 Å². The van der Waals surface area contributed by atoms with Gasteiger partial charge in [0.2, 0.25) is 0 Å². The van der Waals surface area contributed by atoms with Gasteiger partial charge in [0, 0.05) is 10.8 Å². The average molecular weight is 729 g/mol. The monoisotopic (exact) mass is 728 g/mol. The van der Waals surface area contributed by atoms with Gasteiger partial charge in [0.05, 0.1) is 5.25 Å². The van der Waals surface area contributed by atoms with Gasteiger partial charge in [-0.1, -0.05) is 178 Å². The summed E-state index contributed by atoms with van der Waals surface area (Å²) in [6, 6.07) is 55.5. The van der Waals surface area contributed by atoms with Crippen LogP contribution in [-0.2, 0) is 0 Å². The second kappa shape index (κ2) is 16.4. The second-order valence-electron chi connectivity index (χ2n) is 14.8. The van der Waals surface area contributed by atoms with E-state index in [9.17, 15) is 0 Å². The van der Waals surface area contributed by atoms with Gasteiger partial charge < -0.3 is 0 Å². The summed E-state index contributed by atoms with van der Waals surface area (Å²) < 4.78 is 0. The van der Waals surface area contributed by atoms with Crippen molar-refractivity contribution in [3.05, 3.63) is 226 Å². The number of allylic oxidation sites excluding steroid dienone is 7. The largest absolute Gasteiger partial charge is 0.113 e. The molecule has 0 N–H and O–H groups in total. The minimum absolute atomic E-state index is 0.220. The highest BCUT2D eigenvalue weighted by Crippen LogP contribution is 2.50. The third kappa shape index (κ3) is 7.68. The minimum atomic E-state index is 0.220. The lowest BCUT2D eigenvalue weighted by Gasteiger charge is -2.30. The van der Waals surface area contributed by atoms with E-state index >= 15 is 0 Å². The van der Waals surface area contributed by atoms with E-state index < -0.39 is 0 Å². The van der Waals surface area contributed by atoms with Crippen LogP contribution in [0.2, 0.25) is 0 Å². The molecule has 0 fully saturated rings. The Kier molecular flexibility index (Phi) is 10.8. The summed E-state index contributed by atoms with van der Waals surface area (Å²) in [5.74, 6) is 0.392. The van der Waals surface area contributed by atoms with E-state index in [2.05, 4.69) is 210 Å². The highest BCUT2D eigenvalue weighted by atomic mass is 32.2. The van der Waals surface area contributed by atoms with Crippen molar-refractivity contribution < 1.29 is 0 Å². The van der Waals surface area contributed by atoms with E-state index in [1.54, 1.807) is 0 Å². The zero-order valence-electron chi connectivity index (χ0n) is 32.3. The quantitative estimate of drug-likeness (QED) is 0.165. The molecule has 55 heavy (non-hydrogen) atoms. The summed E-state index contributed by atoms with van der Waals surface area (Å²) in [7, 11) is 0. The lowest BCUT2D eigenvalue weighted by Crippen LogP contribution is -2.13. The summed E-state index contributed by atoms with van der Waals surface area (Å²) in [6.07, 6.45) is 14.5. The number of thioether (sulfide) groups is 1. The van der Waals surface area contributed by atoms with E-state index in [0.29, 0.717) is 5.92 Å². The van der Waals surface area contributed by atoms with Crippen LogP contribution in [0.15, 0.2) is 198 Å². The number of rotatable bonds is 6. The standard InChI is InChI=1S/C51H40S.C3H8/c1-34-14-9-10-23-45(34)47-25-13-24-46(35(47)2)41-21-11-19-38(28-41)39-20-12-22-42(29-39)48-32-43(37-17-7-4-8-18-37)30-44-33-51(48)52-50-27-26-40(31-49(44)50)36-15-5-3-6-16-36;1-3-2/h3-30,32-33,40,51H,31H2,1-2H3;3H2,1-2H3. The molecule has 1 aliphatic heterocycles. The fraction of sp³-hybridized carbons (Fsp3) is 0.148. The van der Waals surface area contributed by atoms with Gasteiger partial charge in [0.1, 0.15) is 0 Å². The first-order valence-electron chi connectivity index (χ1n) is 19.7. The van der Waals surface area contributed by atoms with Gasteiger partial charge in [-0.15, -0.1) is 11.8 Å². The topological polar surface area (TPSA) is 0 Å². The van der Waals surface area contributed by atoms with Crippen molar-refractivity contribution in [3.63, 3.8) is 0 Å². The molecule has 0 amide bonds. The van der Waals surface area contributed by atoms with E-state index in [-0.39, 0.29) is 5.25 Å². The van der Waals surface area contributed by atoms with Crippen molar-refractivity contribution in [1.82, 2.24) is 0 Å². The first-order chi connectivity index (χ1) is 27.0. The van der Waals surface area contributed by atoms with Crippen molar-refractivity contribution in [2.24, 2.45) is 0 Å². The van der Waals surface area contributed by atoms with Crippen molar-refractivity contribution in [2.75, 3.05) is 0 Å². The third-order valence-electron chi connectivity index (χ3n) is 10.9. The maximum absolute atomic E-state index is 2.52. The van der Waals surface area contributed by atoms with E-state index in [4.69, 9.17) is 0 Å². The molecule has 0 saturated carbocycles. The summed E-state index contributed by atoms with van der Waals surface area (Å²) in [5.41, 5.74) is 19.5. The zero-order chi connectivity index (χ0) is 37.7. The summed E-state index contributed by atoms with van der Waals surface area (Å²) in [4.78, 5) is 1.40. The molecule has 2 atom stereocenters. The highest BCUT2D eigenvalue weighted by molar-refractivity contribution is 8.04. The number of benzene rings is 6. The Morgan fingerprint density at radius 3 is 1.87 bits per heavy atom. The molecule has 6 aromatic carbocycles. The average Bonchev–Trinajstić information content (AvgIpc) is 3.39. The molecule has 2 bridgehead atoms. The van der Waals surface area contributed by atoms with Crippen molar-refractivity contribution in [1.29, 1.82) is 0 Å². The molecule has 0 aromatic heterocycles. The van der Waals surface area contributed by atoms with Crippen LogP contribution in [0.4, 0.5) is 0 Å². The molecule has 1 heteroatoms. The number of fused-ring (bicyclic) bond motifs is 2. The molecule has 0 radical (unpaired) electrons. The molecular formula is C54H48S. The van der Waals surface area contributed by atoms with E-state index in [1.165, 1.54) is 94.8 Å². The Hall–Kier alpha value is -5.63. The summed E-state index contributed by atoms with van der Waals surface area (Å²) in [5, 5.41) is 0.220. The molecule has 2 unspecified atom stereocenters. The van der Waals surface area contributed by atoms with Crippen molar-refractivity contribution in [3.8, 4) is 33.4 Å². The van der Waals surface area contributed by atoms with Gasteiger partial charge >= 0.3 is 0 Å². The molecule has 1 heterocycles. The second-order valence-corrected chi connectivity index (χ2v) is 16.0. The Morgan fingerprint density at radius 2 is 1.13 bits per heavy atom. The van der Waals surface area contributed by atoms with Crippen LogP contribution in [0, 0.1) is 13.8 Å². The maximum Gasteiger partial charge on any atom is 0.0539 e. The smallest absolute Gasteiger partial charge is 0.0539 e. The normalized spacial score (nSPS) is 17.2. The SMILES string of the molecule is CCC.Cc1ccccc1-c1cccc(-c2cccc(-c3cccc(C4=CC(c5ccccc5)=CC5=CC4SC4=C5CC(c5ccccc5)C=C4)c3)c2)c1C. The van der Waals surface area contributed by atoms with E-state index in [0.717, 1.165) is 6.42 Å². The lowest BCUT2D eigenvalue weighted by molar-refractivity contribution is 0.818. The van der Waals surface area contributed by atoms with Gasteiger partial charge in [0.15, 0.2) is 0 Å². The number of hydrogen-bond donors (Lipinski definition) is 0. The summed E-state index contributed by atoms with van der Waals surface area (Å²) >= 11 is 2.00. The number of hydrogen-bond acceptors (Lipinski definition) is 1. The Bertz CT molecular complexity index is 2490. The van der Waals surface area contributed by atoms with Crippen LogP contribution in [-0.4, -0.2) is 5.25 Å². The van der Waals surface area contributed by atoms with Crippen molar-refractivity contribution >= 4 is 22.9 Å². The molecule has 9 rings (SSSR count). The van der Waals surface area contributed by atoms with Crippen LogP contribution >= 0.6 is 11.8 Å². The fourth-order valence-electron chi connectivity index (χ4n) is 8.08. The molecule has 0 spiro atoms. The fourth-order valence-corrected chi connectivity index (χ4v) is 9.40. The van der Waals surface area contributed by atoms with Gasteiger partial charge in [-0.05, 0) is 128 Å². The van der Waals surface area contributed by atoms with Crippen LogP contribution in [0.5, 0.6) is 0 Å². The van der Waals surface area contributed by atoms with Crippen LogP contribution in [0.3, 0.4) is 0 Å². The predicted octanol–water partition coefficient (Wildman–Crippen LogP) is 15.2. The first kappa shape index (κ1) is 36.4. The van der Waals surface area contributed by atoms with Gasteiger partial charge in [-0.3, -0.25) is 0 Å². The molecule has 3 aliphatic rings. The zero-order valence-corrected chi connectivity index (χ0v) is 33.1. The van der Waals surface area contributed by atoms with E-state index in [1.807, 2.05) is 11.8 Å². The Labute approximate surface area is 332 Å². The van der Waals surface area contributed by atoms with Crippen LogP contribution < -0.4 is 0 Å². The Morgan fingerprint density at radius 1 is 0.545 bits per heavy atom. The molecule has 2 aliphatic carbocycles. The maximum atomic E-state index is 2.52. The van der Waals surface area contributed by atoms with Gasteiger partial charge in [-0.2, -0.15) is 0 Å². The molecule has 6 aromatic rings. The van der Waals surface area contributed by atoms with Crippen LogP contribution in [0.1, 0.15) is 60.4 Å². The minimum Gasteiger partial charge on any atom is -0.113 e. The third-order valence-corrected chi connectivity index (χ3v) is 12.2. The molecule has 270 valence electrons. The first-order valence-corrected chi connectivity index (χ1v) is 20.6. The highest BCUT2D eigenvalue weighted by Gasteiger charge is 2.30. The Balaban J connectivity index is 0.00000138. The van der Waals surface area contributed by atoms with Gasteiger partial charge in [0.25, 0.3) is 0 Å². The molecular weight excluding hydrogens is 681 g/mol. The molecule has 0 nitrogen and oxygen atoms in total. The predicted molar refractivity (Wildman–Crippen MR) is 240 cm³/mol. The van der Waals surface area contributed by atoms with Gasteiger partial charge in [-0.25, -0.2) is 0 Å².